The molecule has 0 spiro atoms. The molecule has 86 heavy (non-hydrogen) atoms. The Balaban J connectivity index is 0.909. The van der Waals surface area contributed by atoms with Crippen molar-refractivity contribution in [2.24, 2.45) is 0 Å². The maximum atomic E-state index is 7.30. The first-order chi connectivity index (χ1) is 41.9. The highest BCUT2D eigenvalue weighted by atomic mass is 16.5. The summed E-state index contributed by atoms with van der Waals surface area (Å²) in [6, 6.07) is 100. The first-order valence-electron chi connectivity index (χ1n) is 30.0. The summed E-state index contributed by atoms with van der Waals surface area (Å²) in [5.74, 6) is 2.38. The number of benzene rings is 11. The predicted octanol–water partition coefficient (Wildman–Crippen LogP) is 21.2. The summed E-state index contributed by atoms with van der Waals surface area (Å²) < 4.78 is 9.58. The lowest BCUT2D eigenvalue weighted by Gasteiger charge is -2.36. The van der Waals surface area contributed by atoms with Gasteiger partial charge in [0.2, 0.25) is 0 Å². The summed E-state index contributed by atoms with van der Waals surface area (Å²) in [6.45, 7) is 14.2. The quantitative estimate of drug-likeness (QED) is 0.137. The number of anilines is 4. The molecule has 0 saturated carbocycles. The number of hydrogen-bond donors (Lipinski definition) is 0. The highest BCUT2D eigenvalue weighted by molar-refractivity contribution is 6.09. The Hall–Kier alpha value is -10.2. The molecular weight excluding hydrogens is 1040 g/mol. The van der Waals surface area contributed by atoms with Crippen molar-refractivity contribution in [3.63, 3.8) is 0 Å². The lowest BCUT2D eigenvalue weighted by atomic mass is 9.66. The lowest BCUT2D eigenvalue weighted by Crippen LogP contribution is -2.30. The number of ether oxygens (including phenoxy) is 1. The molecule has 2 aromatic heterocycles. The van der Waals surface area contributed by atoms with E-state index in [-0.39, 0.29) is 10.8 Å². The zero-order chi connectivity index (χ0) is 58.3. The van der Waals surface area contributed by atoms with Crippen LogP contribution in [-0.4, -0.2) is 16.2 Å². The first-order valence-corrected chi connectivity index (χ1v) is 30.0. The minimum Gasteiger partial charge on any atom is -0.457 e. The standard InChI is InChI=1S/C81H66N4O/c1-79(2,3)57-38-40-58(41-39-57)81(70-33-19-16-30-64(70)65-31-17-20-34-71(65)81)60-48-68(55-26-12-8-13-27-55)78(69(49-60)56-28-14-9-15-29-56)84-53-83(73-36-22-23-37-74(73)84)61-42-44-63(54-24-10-7-11-25-54)76(51-61)86-62-43-45-67-66-32-18-21-35-72(66)85(75(67)52-62)77-50-59(46-47-82-77)80(4,5)6/h7-52H,53H2,1-6H3. The summed E-state index contributed by atoms with van der Waals surface area (Å²) in [6.07, 6.45) is 1.93. The molecule has 3 heterocycles. The number of pyridine rings is 1. The molecule has 0 fully saturated rings. The Labute approximate surface area is 504 Å². The Morgan fingerprint density at radius 2 is 0.930 bits per heavy atom. The lowest BCUT2D eigenvalue weighted by molar-refractivity contribution is 0.485. The monoisotopic (exact) mass is 1110 g/mol. The summed E-state index contributed by atoms with van der Waals surface area (Å²) in [5, 5.41) is 2.31. The maximum absolute atomic E-state index is 7.30. The fourth-order valence-electron chi connectivity index (χ4n) is 13.7. The second-order valence-corrected chi connectivity index (χ2v) is 25.1. The maximum Gasteiger partial charge on any atom is 0.137 e. The largest absolute Gasteiger partial charge is 0.457 e. The zero-order valence-corrected chi connectivity index (χ0v) is 49.5. The third kappa shape index (κ3) is 8.71. The smallest absolute Gasteiger partial charge is 0.137 e. The molecule has 0 N–H and O–H groups in total. The molecule has 416 valence electrons. The van der Waals surface area contributed by atoms with E-state index in [1.54, 1.807) is 0 Å². The average molecular weight is 1110 g/mol. The highest BCUT2D eigenvalue weighted by Crippen LogP contribution is 2.59. The van der Waals surface area contributed by atoms with Crippen LogP contribution in [0, 0.1) is 0 Å². The predicted molar refractivity (Wildman–Crippen MR) is 358 cm³/mol. The van der Waals surface area contributed by atoms with Gasteiger partial charge in [0.25, 0.3) is 0 Å². The summed E-state index contributed by atoms with van der Waals surface area (Å²) in [7, 11) is 0. The highest BCUT2D eigenvalue weighted by Gasteiger charge is 2.47. The molecule has 0 amide bonds. The van der Waals surface area contributed by atoms with Crippen LogP contribution in [0.3, 0.4) is 0 Å². The fraction of sp³-hybridized carbons (Fsp3) is 0.123. The van der Waals surface area contributed by atoms with E-state index in [0.29, 0.717) is 6.67 Å². The Kier molecular flexibility index (Phi) is 12.6. The molecule has 15 rings (SSSR count). The topological polar surface area (TPSA) is 33.5 Å². The van der Waals surface area contributed by atoms with E-state index in [1.165, 1.54) is 49.9 Å². The van der Waals surface area contributed by atoms with Gasteiger partial charge in [-0.05, 0) is 139 Å². The van der Waals surface area contributed by atoms with Crippen molar-refractivity contribution in [1.82, 2.24) is 9.55 Å². The molecule has 11 aromatic carbocycles. The van der Waals surface area contributed by atoms with Crippen molar-refractivity contribution in [1.29, 1.82) is 0 Å². The van der Waals surface area contributed by atoms with Gasteiger partial charge in [0, 0.05) is 51.5 Å². The van der Waals surface area contributed by atoms with Crippen molar-refractivity contribution < 1.29 is 4.74 Å². The van der Waals surface area contributed by atoms with E-state index < -0.39 is 5.41 Å². The number of fused-ring (bicyclic) bond motifs is 7. The number of aromatic nitrogens is 2. The molecule has 2 aliphatic rings. The molecule has 13 aromatic rings. The third-order valence-electron chi connectivity index (χ3n) is 17.9. The van der Waals surface area contributed by atoms with Gasteiger partial charge < -0.3 is 14.5 Å². The second kappa shape index (κ2) is 20.5. The van der Waals surface area contributed by atoms with Crippen LogP contribution in [0.5, 0.6) is 11.5 Å². The van der Waals surface area contributed by atoms with Gasteiger partial charge in [-0.2, -0.15) is 0 Å². The van der Waals surface area contributed by atoms with E-state index in [0.717, 1.165) is 89.9 Å². The van der Waals surface area contributed by atoms with Gasteiger partial charge in [0.15, 0.2) is 0 Å². The second-order valence-electron chi connectivity index (χ2n) is 25.1. The summed E-state index contributed by atoms with van der Waals surface area (Å²) in [4.78, 5) is 9.98. The van der Waals surface area contributed by atoms with Crippen LogP contribution in [0.4, 0.5) is 22.7 Å². The number of para-hydroxylation sites is 3. The SMILES string of the molecule is CC(C)(C)c1ccc(C2(c3cc(-c4ccccc4)c(N4CN(c5ccc(-c6ccccc6)c(Oc6ccc7c8ccccc8n(-c8cc(C(C)(C)C)ccn8)c7c6)c5)c5ccccc54)c(-c4ccccc4)c3)c3ccccc3-c3ccccc32)cc1. The van der Waals surface area contributed by atoms with Crippen LogP contribution in [0.15, 0.2) is 279 Å². The van der Waals surface area contributed by atoms with Crippen molar-refractivity contribution >= 4 is 44.6 Å². The molecule has 5 heteroatoms. The van der Waals surface area contributed by atoms with Gasteiger partial charge in [-0.15, -0.1) is 0 Å². The molecular formula is C81H66N4O. The van der Waals surface area contributed by atoms with Crippen molar-refractivity contribution in [3.05, 3.63) is 313 Å². The first kappa shape index (κ1) is 52.6. The molecule has 0 radical (unpaired) electrons. The Morgan fingerprint density at radius 3 is 1.55 bits per heavy atom. The number of hydrogen-bond acceptors (Lipinski definition) is 4. The zero-order valence-electron chi connectivity index (χ0n) is 49.5. The van der Waals surface area contributed by atoms with Crippen LogP contribution in [0.2, 0.25) is 0 Å². The van der Waals surface area contributed by atoms with Crippen molar-refractivity contribution in [2.75, 3.05) is 16.5 Å². The molecule has 5 nitrogen and oxygen atoms in total. The number of rotatable bonds is 10. The summed E-state index contributed by atoms with van der Waals surface area (Å²) >= 11 is 0. The van der Waals surface area contributed by atoms with Crippen LogP contribution >= 0.6 is 0 Å². The van der Waals surface area contributed by atoms with Crippen LogP contribution in [-0.2, 0) is 16.2 Å². The van der Waals surface area contributed by atoms with Crippen LogP contribution in [0.1, 0.15) is 74.9 Å². The van der Waals surface area contributed by atoms with Gasteiger partial charge in [-0.25, -0.2) is 4.98 Å². The third-order valence-corrected chi connectivity index (χ3v) is 17.9. The van der Waals surface area contributed by atoms with E-state index >= 15 is 0 Å². The van der Waals surface area contributed by atoms with Crippen LogP contribution in [0.25, 0.3) is 72.1 Å². The molecule has 0 atom stereocenters. The summed E-state index contributed by atoms with van der Waals surface area (Å²) in [5.41, 5.74) is 22.6. The van der Waals surface area contributed by atoms with Gasteiger partial charge in [-0.3, -0.25) is 4.57 Å². The fourth-order valence-corrected chi connectivity index (χ4v) is 13.7. The van der Waals surface area contributed by atoms with Gasteiger partial charge in [-0.1, -0.05) is 236 Å². The van der Waals surface area contributed by atoms with E-state index in [4.69, 9.17) is 9.72 Å². The van der Waals surface area contributed by atoms with E-state index in [9.17, 15) is 0 Å². The number of nitrogens with zero attached hydrogens (tertiary/aromatic N) is 4. The van der Waals surface area contributed by atoms with Gasteiger partial charge >= 0.3 is 0 Å². The molecule has 0 bridgehead atoms. The molecule has 1 aliphatic heterocycles. The molecule has 0 saturated heterocycles. The average Bonchev–Trinajstić information content (AvgIpc) is 1.62. The van der Waals surface area contributed by atoms with E-state index in [1.807, 2.05) is 6.20 Å². The normalized spacial score (nSPS) is 13.5. The Bertz CT molecular complexity index is 4620. The van der Waals surface area contributed by atoms with Crippen LogP contribution < -0.4 is 14.5 Å². The minimum atomic E-state index is -0.642. The van der Waals surface area contributed by atoms with E-state index in [2.05, 4.69) is 329 Å². The Morgan fingerprint density at radius 1 is 0.395 bits per heavy atom. The molecule has 1 aliphatic carbocycles. The van der Waals surface area contributed by atoms with Gasteiger partial charge in [0.1, 0.15) is 24.0 Å². The van der Waals surface area contributed by atoms with Crippen molar-refractivity contribution in [2.45, 2.75) is 57.8 Å². The molecule has 0 unspecified atom stereocenters. The van der Waals surface area contributed by atoms with Crippen molar-refractivity contribution in [3.8, 4) is 61.8 Å². The van der Waals surface area contributed by atoms with Gasteiger partial charge in [0.05, 0.1) is 33.5 Å². The minimum absolute atomic E-state index is 0.00541.